The summed E-state index contributed by atoms with van der Waals surface area (Å²) in [4.78, 5) is 13.0. The van der Waals surface area contributed by atoms with Crippen LogP contribution in [0.15, 0.2) is 74.3 Å². The van der Waals surface area contributed by atoms with Gasteiger partial charge in [0.1, 0.15) is 17.9 Å². The molecule has 3 nitrogen and oxygen atoms in total. The molecule has 0 aliphatic rings. The monoisotopic (exact) mass is 542 g/mol. The van der Waals surface area contributed by atoms with Gasteiger partial charge in [0.25, 0.3) is 0 Å². The van der Waals surface area contributed by atoms with Crippen molar-refractivity contribution in [2.75, 3.05) is 0 Å². The number of benzene rings is 3. The smallest absolute Gasteiger partial charge is 0.450 e. The Balaban J connectivity index is 1.76. The molecule has 0 bridgehead atoms. The topological polar surface area (TPSA) is 39.4 Å². The summed E-state index contributed by atoms with van der Waals surface area (Å²) in [5.74, 6) is -1.13. The summed E-state index contributed by atoms with van der Waals surface area (Å²) >= 11 is 15.1. The van der Waals surface area contributed by atoms with Crippen LogP contribution in [-0.2, 0) is 12.8 Å². The Bertz CT molecular complexity index is 1370. The second-order valence-corrected chi connectivity index (χ2v) is 8.57. The quantitative estimate of drug-likeness (QED) is 0.261. The molecular formula is C23H12BrCl2F3O3. The Morgan fingerprint density at radius 1 is 0.938 bits per heavy atom. The molecule has 0 spiro atoms. The van der Waals surface area contributed by atoms with Gasteiger partial charge in [-0.3, -0.25) is 4.79 Å². The molecule has 0 fully saturated rings. The van der Waals surface area contributed by atoms with E-state index in [9.17, 15) is 18.0 Å². The molecule has 0 radical (unpaired) electrons. The van der Waals surface area contributed by atoms with Gasteiger partial charge in [0, 0.05) is 10.5 Å². The van der Waals surface area contributed by atoms with E-state index < -0.39 is 22.9 Å². The first-order valence-electron chi connectivity index (χ1n) is 9.14. The van der Waals surface area contributed by atoms with Crippen LogP contribution in [0.3, 0.4) is 0 Å². The predicted molar refractivity (Wildman–Crippen MR) is 121 cm³/mol. The number of alkyl halides is 3. The van der Waals surface area contributed by atoms with Gasteiger partial charge in [-0.05, 0) is 47.5 Å². The zero-order valence-corrected chi connectivity index (χ0v) is 19.1. The molecule has 9 heteroatoms. The third kappa shape index (κ3) is 4.65. The minimum absolute atomic E-state index is 0.0119. The molecule has 3 aromatic carbocycles. The van der Waals surface area contributed by atoms with Crippen LogP contribution in [0, 0.1) is 0 Å². The van der Waals surface area contributed by atoms with Crippen molar-refractivity contribution in [3.8, 4) is 16.9 Å². The largest absolute Gasteiger partial charge is 0.489 e. The maximum absolute atomic E-state index is 13.8. The third-order valence-corrected chi connectivity index (χ3v) is 5.91. The van der Waals surface area contributed by atoms with Crippen LogP contribution < -0.4 is 10.2 Å². The molecule has 1 aromatic heterocycles. The van der Waals surface area contributed by atoms with Crippen molar-refractivity contribution in [3.63, 3.8) is 0 Å². The van der Waals surface area contributed by atoms with Crippen LogP contribution in [0.5, 0.6) is 5.75 Å². The Hall–Kier alpha value is -2.48. The van der Waals surface area contributed by atoms with Crippen molar-refractivity contribution < 1.29 is 22.3 Å². The van der Waals surface area contributed by atoms with Crippen LogP contribution in [-0.4, -0.2) is 0 Å². The molecule has 0 unspecified atom stereocenters. The van der Waals surface area contributed by atoms with E-state index in [4.69, 9.17) is 32.4 Å². The first-order chi connectivity index (χ1) is 15.1. The van der Waals surface area contributed by atoms with Gasteiger partial charge in [-0.1, -0.05) is 57.3 Å². The molecule has 0 N–H and O–H groups in total. The van der Waals surface area contributed by atoms with Gasteiger partial charge in [0.05, 0.1) is 21.0 Å². The summed E-state index contributed by atoms with van der Waals surface area (Å²) in [6.07, 6.45) is -4.87. The van der Waals surface area contributed by atoms with Crippen LogP contribution in [0.25, 0.3) is 22.1 Å². The summed E-state index contributed by atoms with van der Waals surface area (Å²) in [5.41, 5.74) is -0.729. The summed E-state index contributed by atoms with van der Waals surface area (Å²) < 4.78 is 52.8. The second kappa shape index (κ2) is 8.81. The van der Waals surface area contributed by atoms with Crippen molar-refractivity contribution in [2.45, 2.75) is 12.8 Å². The van der Waals surface area contributed by atoms with E-state index in [2.05, 4.69) is 15.9 Å². The second-order valence-electron chi connectivity index (χ2n) is 6.84. The lowest BCUT2D eigenvalue weighted by molar-refractivity contribution is -0.152. The first kappa shape index (κ1) is 22.7. The lowest BCUT2D eigenvalue weighted by Crippen LogP contribution is -2.16. The minimum Gasteiger partial charge on any atom is -0.489 e. The van der Waals surface area contributed by atoms with Gasteiger partial charge in [-0.2, -0.15) is 13.2 Å². The first-order valence-corrected chi connectivity index (χ1v) is 10.7. The number of fused-ring (bicyclic) bond motifs is 1. The maximum Gasteiger partial charge on any atom is 0.450 e. The molecular weight excluding hydrogens is 532 g/mol. The third-order valence-electron chi connectivity index (χ3n) is 4.64. The Morgan fingerprint density at radius 2 is 1.66 bits per heavy atom. The molecule has 4 aromatic rings. The van der Waals surface area contributed by atoms with Crippen molar-refractivity contribution in [2.24, 2.45) is 0 Å². The number of hydrogen-bond acceptors (Lipinski definition) is 3. The van der Waals surface area contributed by atoms with Crippen molar-refractivity contribution in [1.29, 1.82) is 0 Å². The molecule has 0 atom stereocenters. The number of halogens is 6. The van der Waals surface area contributed by atoms with E-state index in [0.717, 1.165) is 0 Å². The average molecular weight is 544 g/mol. The molecule has 32 heavy (non-hydrogen) atoms. The highest BCUT2D eigenvalue weighted by molar-refractivity contribution is 9.10. The fourth-order valence-electron chi connectivity index (χ4n) is 3.14. The zero-order valence-electron chi connectivity index (χ0n) is 16.0. The number of rotatable bonds is 4. The average Bonchev–Trinajstić information content (AvgIpc) is 2.74. The standard InChI is InChI=1S/C23H12BrCl2F3O3/c24-14-4-2-13(3-5-14)20-21(30)16-7-6-15(10-19(16)32-22(20)23(27,28)29)31-11-12-1-8-17(25)18(26)9-12/h1-10H,11H2. The molecule has 0 aliphatic carbocycles. The van der Waals surface area contributed by atoms with Crippen LogP contribution in [0.1, 0.15) is 11.3 Å². The van der Waals surface area contributed by atoms with E-state index in [-0.39, 0.29) is 28.9 Å². The van der Waals surface area contributed by atoms with Gasteiger partial charge in [0.2, 0.25) is 11.2 Å². The van der Waals surface area contributed by atoms with Gasteiger partial charge in [0.15, 0.2) is 0 Å². The van der Waals surface area contributed by atoms with E-state index in [1.165, 1.54) is 30.3 Å². The van der Waals surface area contributed by atoms with Crippen LogP contribution in [0.4, 0.5) is 13.2 Å². The Morgan fingerprint density at radius 3 is 2.31 bits per heavy atom. The summed E-state index contributed by atoms with van der Waals surface area (Å²) in [5, 5.41) is 0.759. The van der Waals surface area contributed by atoms with Gasteiger partial charge < -0.3 is 9.15 Å². The fraction of sp³-hybridized carbons (Fsp3) is 0.0870. The molecule has 0 saturated heterocycles. The lowest BCUT2D eigenvalue weighted by atomic mass is 10.0. The molecule has 0 amide bonds. The zero-order chi connectivity index (χ0) is 23.0. The molecule has 164 valence electrons. The Kier molecular flexibility index (Phi) is 6.25. The van der Waals surface area contributed by atoms with E-state index in [1.54, 1.807) is 30.3 Å². The van der Waals surface area contributed by atoms with Crippen molar-refractivity contribution in [1.82, 2.24) is 0 Å². The summed E-state index contributed by atoms with van der Waals surface area (Å²) in [6.45, 7) is 0.0930. The normalized spacial score (nSPS) is 11.7. The molecule has 1 heterocycles. The SMILES string of the molecule is O=c1c(-c2ccc(Br)cc2)c(C(F)(F)F)oc2cc(OCc3ccc(Cl)c(Cl)c3)ccc12. The highest BCUT2D eigenvalue weighted by Gasteiger charge is 2.39. The summed E-state index contributed by atoms with van der Waals surface area (Å²) in [7, 11) is 0. The lowest BCUT2D eigenvalue weighted by Gasteiger charge is -2.13. The van der Waals surface area contributed by atoms with Gasteiger partial charge >= 0.3 is 6.18 Å². The predicted octanol–water partition coefficient (Wildman–Crippen LogP) is 8.13. The van der Waals surface area contributed by atoms with E-state index in [0.29, 0.717) is 20.1 Å². The molecule has 4 rings (SSSR count). The van der Waals surface area contributed by atoms with Gasteiger partial charge in [-0.25, -0.2) is 0 Å². The fourth-order valence-corrected chi connectivity index (χ4v) is 3.72. The number of hydrogen-bond donors (Lipinski definition) is 0. The highest BCUT2D eigenvalue weighted by Crippen LogP contribution is 2.38. The molecule has 0 aliphatic heterocycles. The van der Waals surface area contributed by atoms with E-state index in [1.807, 2.05) is 0 Å². The summed E-state index contributed by atoms with van der Waals surface area (Å²) in [6, 6.07) is 15.0. The van der Waals surface area contributed by atoms with E-state index >= 15 is 0 Å². The van der Waals surface area contributed by atoms with Crippen molar-refractivity contribution in [3.05, 3.63) is 96.7 Å². The molecule has 0 saturated carbocycles. The Labute approximate surface area is 198 Å². The highest BCUT2D eigenvalue weighted by atomic mass is 79.9. The maximum atomic E-state index is 13.8. The minimum atomic E-state index is -4.87. The van der Waals surface area contributed by atoms with Crippen LogP contribution >= 0.6 is 39.1 Å². The van der Waals surface area contributed by atoms with Gasteiger partial charge in [-0.15, -0.1) is 0 Å². The van der Waals surface area contributed by atoms with Crippen molar-refractivity contribution >= 4 is 50.1 Å². The van der Waals surface area contributed by atoms with Crippen LogP contribution in [0.2, 0.25) is 10.0 Å². The number of ether oxygens (including phenoxy) is 1.